The van der Waals surface area contributed by atoms with Gasteiger partial charge in [0.15, 0.2) is 0 Å². The molecule has 0 unspecified atom stereocenters. The van der Waals surface area contributed by atoms with Gasteiger partial charge in [-0.05, 0) is 123 Å². The molecule has 3 heteroatoms. The van der Waals surface area contributed by atoms with E-state index in [1.165, 1.54) is 33.4 Å². The van der Waals surface area contributed by atoms with Crippen molar-refractivity contribution < 1.29 is 8.83 Å². The molecule has 0 saturated carbocycles. The highest BCUT2D eigenvalue weighted by atomic mass is 16.3. The number of rotatable bonds is 7. The average Bonchev–Trinajstić information content (AvgIpc) is 3.91. The second-order valence-electron chi connectivity index (χ2n) is 15.7. The van der Waals surface area contributed by atoms with Gasteiger partial charge in [0.05, 0.1) is 0 Å². The summed E-state index contributed by atoms with van der Waals surface area (Å²) < 4.78 is 13.1. The van der Waals surface area contributed by atoms with E-state index in [1.54, 1.807) is 0 Å². The van der Waals surface area contributed by atoms with Crippen LogP contribution in [-0.2, 0) is 0 Å². The Kier molecular flexibility index (Phi) is 8.17. The second-order valence-corrected chi connectivity index (χ2v) is 15.7. The molecule has 0 radical (unpaired) electrons. The summed E-state index contributed by atoms with van der Waals surface area (Å²) in [7, 11) is 0. The zero-order valence-electron chi connectivity index (χ0n) is 33.1. The van der Waals surface area contributed by atoms with Gasteiger partial charge in [-0.1, -0.05) is 152 Å². The van der Waals surface area contributed by atoms with Crippen LogP contribution in [0.2, 0.25) is 0 Å². The van der Waals surface area contributed by atoms with Gasteiger partial charge in [0.2, 0.25) is 0 Å². The van der Waals surface area contributed by atoms with Crippen molar-refractivity contribution >= 4 is 71.7 Å². The first-order valence-corrected chi connectivity index (χ1v) is 20.7. The molecular formula is C58H37NO2. The minimum atomic E-state index is 0.863. The van der Waals surface area contributed by atoms with Crippen LogP contribution in [0.1, 0.15) is 0 Å². The van der Waals surface area contributed by atoms with E-state index in [0.29, 0.717) is 0 Å². The van der Waals surface area contributed by atoms with Crippen LogP contribution in [0.15, 0.2) is 233 Å². The summed E-state index contributed by atoms with van der Waals surface area (Å²) in [5, 5.41) is 6.68. The molecule has 0 fully saturated rings. The molecule has 0 aliphatic heterocycles. The zero-order valence-corrected chi connectivity index (χ0v) is 33.1. The van der Waals surface area contributed by atoms with Gasteiger partial charge in [0.25, 0.3) is 0 Å². The molecule has 0 bridgehead atoms. The first kappa shape index (κ1) is 34.9. The topological polar surface area (TPSA) is 29.5 Å². The Balaban J connectivity index is 1.01. The van der Waals surface area contributed by atoms with Crippen molar-refractivity contribution in [2.75, 3.05) is 4.90 Å². The number of para-hydroxylation sites is 2. The molecule has 0 saturated heterocycles. The number of nitrogens with zero attached hydrogens (tertiary/aromatic N) is 1. The average molecular weight is 780 g/mol. The van der Waals surface area contributed by atoms with E-state index in [9.17, 15) is 0 Å². The maximum atomic E-state index is 6.79. The first-order chi connectivity index (χ1) is 30.2. The highest BCUT2D eigenvalue weighted by Crippen LogP contribution is 2.45. The molecule has 3 nitrogen and oxygen atoms in total. The van der Waals surface area contributed by atoms with Crippen LogP contribution in [0.25, 0.3) is 99.2 Å². The molecule has 0 spiro atoms. The molecule has 12 rings (SSSR count). The van der Waals surface area contributed by atoms with Gasteiger partial charge in [-0.3, -0.25) is 0 Å². The Labute approximate surface area is 353 Å². The van der Waals surface area contributed by atoms with Gasteiger partial charge in [-0.2, -0.15) is 0 Å². The highest BCUT2D eigenvalue weighted by molar-refractivity contribution is 6.23. The molecular weight excluding hydrogens is 743 g/mol. The second kappa shape index (κ2) is 14.3. The van der Waals surface area contributed by atoms with E-state index < -0.39 is 0 Å². The molecule has 12 aromatic rings. The summed E-state index contributed by atoms with van der Waals surface area (Å²) in [6.45, 7) is 0. The molecule has 61 heavy (non-hydrogen) atoms. The summed E-state index contributed by atoms with van der Waals surface area (Å²) in [5.74, 6) is 0. The summed E-state index contributed by atoms with van der Waals surface area (Å²) in [4.78, 5) is 2.36. The van der Waals surface area contributed by atoms with Gasteiger partial charge < -0.3 is 13.7 Å². The smallest absolute Gasteiger partial charge is 0.143 e. The summed E-state index contributed by atoms with van der Waals surface area (Å²) in [6, 6.07) is 79.9. The molecule has 0 aliphatic carbocycles. The number of hydrogen-bond acceptors (Lipinski definition) is 3. The summed E-state index contributed by atoms with van der Waals surface area (Å²) >= 11 is 0. The molecule has 2 heterocycles. The van der Waals surface area contributed by atoms with Crippen molar-refractivity contribution in [2.45, 2.75) is 0 Å². The largest absolute Gasteiger partial charge is 0.456 e. The molecule has 0 atom stereocenters. The van der Waals surface area contributed by atoms with E-state index in [-0.39, 0.29) is 0 Å². The molecule has 286 valence electrons. The van der Waals surface area contributed by atoms with Gasteiger partial charge in [0.1, 0.15) is 22.3 Å². The summed E-state index contributed by atoms with van der Waals surface area (Å²) in [6.07, 6.45) is 0. The van der Waals surface area contributed by atoms with Crippen LogP contribution in [0.5, 0.6) is 0 Å². The maximum Gasteiger partial charge on any atom is 0.143 e. The van der Waals surface area contributed by atoms with E-state index >= 15 is 0 Å². The molecule has 2 aromatic heterocycles. The van der Waals surface area contributed by atoms with Gasteiger partial charge >= 0.3 is 0 Å². The quantitative estimate of drug-likeness (QED) is 0.161. The fourth-order valence-electron chi connectivity index (χ4n) is 9.05. The van der Waals surface area contributed by atoms with Gasteiger partial charge in [0, 0.05) is 44.2 Å². The Morgan fingerprint density at radius 3 is 1.48 bits per heavy atom. The predicted octanol–water partition coefficient (Wildman–Crippen LogP) is 16.8. The molecule has 0 N–H and O–H groups in total. The van der Waals surface area contributed by atoms with Crippen molar-refractivity contribution in [1.29, 1.82) is 0 Å². The first-order valence-electron chi connectivity index (χ1n) is 20.7. The Bertz CT molecular complexity index is 3560. The van der Waals surface area contributed by atoms with E-state index in [4.69, 9.17) is 8.83 Å². The van der Waals surface area contributed by atoms with Crippen molar-refractivity contribution in [1.82, 2.24) is 0 Å². The van der Waals surface area contributed by atoms with Crippen LogP contribution in [0, 0.1) is 0 Å². The minimum Gasteiger partial charge on any atom is -0.456 e. The predicted molar refractivity (Wildman–Crippen MR) is 255 cm³/mol. The lowest BCUT2D eigenvalue weighted by molar-refractivity contribution is 0.668. The SMILES string of the molecule is c1ccc(-c2ccc(N(c3ccc(-c4cccc(-c5ccccc5)c4)cc3)c3ccc4cc(-c5ccc6c(c5)oc5ccccc56)c5oc6ccccc6c5c4c3)cc2)cc1. The Morgan fingerprint density at radius 1 is 0.279 bits per heavy atom. The third-order valence-corrected chi connectivity index (χ3v) is 12.1. The zero-order chi connectivity index (χ0) is 40.3. The van der Waals surface area contributed by atoms with E-state index in [2.05, 4.69) is 211 Å². The Hall–Kier alpha value is -8.14. The van der Waals surface area contributed by atoms with E-state index in [0.717, 1.165) is 82.8 Å². The van der Waals surface area contributed by atoms with Gasteiger partial charge in [-0.15, -0.1) is 0 Å². The van der Waals surface area contributed by atoms with E-state index in [1.807, 2.05) is 18.2 Å². The fraction of sp³-hybridized carbons (Fsp3) is 0. The molecule has 0 aliphatic rings. The molecule has 0 amide bonds. The lowest BCUT2D eigenvalue weighted by atomic mass is 9.95. The van der Waals surface area contributed by atoms with Crippen molar-refractivity contribution in [3.63, 3.8) is 0 Å². The van der Waals surface area contributed by atoms with Crippen molar-refractivity contribution in [2.24, 2.45) is 0 Å². The third-order valence-electron chi connectivity index (χ3n) is 12.1. The number of fused-ring (bicyclic) bond motifs is 8. The number of anilines is 3. The van der Waals surface area contributed by atoms with Crippen LogP contribution < -0.4 is 4.90 Å². The minimum absolute atomic E-state index is 0.863. The maximum absolute atomic E-state index is 6.79. The number of hydrogen-bond donors (Lipinski definition) is 0. The number of furan rings is 2. The van der Waals surface area contributed by atoms with Crippen LogP contribution in [-0.4, -0.2) is 0 Å². The van der Waals surface area contributed by atoms with Crippen LogP contribution >= 0.6 is 0 Å². The Morgan fingerprint density at radius 2 is 0.787 bits per heavy atom. The lowest BCUT2D eigenvalue weighted by Crippen LogP contribution is -2.10. The lowest BCUT2D eigenvalue weighted by Gasteiger charge is -2.26. The summed E-state index contributed by atoms with van der Waals surface area (Å²) in [5.41, 5.74) is 15.9. The monoisotopic (exact) mass is 779 g/mol. The highest BCUT2D eigenvalue weighted by Gasteiger charge is 2.20. The number of benzene rings is 10. The van der Waals surface area contributed by atoms with Crippen molar-refractivity contribution in [3.8, 4) is 44.5 Å². The normalized spacial score (nSPS) is 11.6. The standard InChI is InChI=1S/C58H37NO2/c1-3-12-38(13-4-1)40-22-28-46(29-23-40)59(47-30-24-41(25-31-47)43-17-11-16-42(34-43)39-14-5-2-6-15-39)48-32-26-44-35-53(58-57(52(44)37-48)51-19-8-10-21-55(51)61-58)45-27-33-50-49-18-7-9-20-54(49)60-56(50)36-45/h1-37H. The van der Waals surface area contributed by atoms with Gasteiger partial charge in [-0.25, -0.2) is 0 Å². The fourth-order valence-corrected chi connectivity index (χ4v) is 9.05. The van der Waals surface area contributed by atoms with Crippen LogP contribution in [0.4, 0.5) is 17.1 Å². The third kappa shape index (κ3) is 6.06. The molecule has 10 aromatic carbocycles. The van der Waals surface area contributed by atoms with Crippen molar-refractivity contribution in [3.05, 3.63) is 224 Å². The van der Waals surface area contributed by atoms with Crippen LogP contribution in [0.3, 0.4) is 0 Å².